The summed E-state index contributed by atoms with van der Waals surface area (Å²) in [4.78, 5) is 18.8. The lowest BCUT2D eigenvalue weighted by Crippen LogP contribution is -2.49. The number of fused-ring (bicyclic) bond motifs is 5. The highest BCUT2D eigenvalue weighted by Crippen LogP contribution is 2.47. The first-order chi connectivity index (χ1) is 14.1. The van der Waals surface area contributed by atoms with E-state index >= 15 is 0 Å². The first kappa shape index (κ1) is 20.2. The van der Waals surface area contributed by atoms with Crippen molar-refractivity contribution in [3.05, 3.63) is 29.5 Å². The van der Waals surface area contributed by atoms with Gasteiger partial charge < -0.3 is 19.2 Å². The third kappa shape index (κ3) is 3.42. The molecule has 158 valence electrons. The highest BCUT2D eigenvalue weighted by Gasteiger charge is 2.44. The maximum atomic E-state index is 12.6. The van der Waals surface area contributed by atoms with Gasteiger partial charge in [-0.05, 0) is 42.4 Å². The van der Waals surface area contributed by atoms with Crippen LogP contribution in [0.4, 0.5) is 0 Å². The van der Waals surface area contributed by atoms with Crippen LogP contribution in [0.15, 0.2) is 18.2 Å². The van der Waals surface area contributed by atoms with Crippen LogP contribution in [0.5, 0.6) is 5.75 Å². The monoisotopic (exact) mass is 400 g/mol. The van der Waals surface area contributed by atoms with E-state index in [9.17, 15) is 4.79 Å². The van der Waals surface area contributed by atoms with Crippen molar-refractivity contribution >= 4 is 16.9 Å². The average Bonchev–Trinajstić information content (AvgIpc) is 3.15. The molecule has 2 aliphatic heterocycles. The van der Waals surface area contributed by atoms with Crippen molar-refractivity contribution in [1.29, 1.82) is 0 Å². The molecule has 6 nitrogen and oxygen atoms in total. The van der Waals surface area contributed by atoms with E-state index in [2.05, 4.69) is 22.9 Å². The fraction of sp³-hybridized carbons (Fsp3) is 0.609. The molecule has 1 aromatic carbocycles. The van der Waals surface area contributed by atoms with E-state index in [1.54, 1.807) is 14.2 Å². The second kappa shape index (κ2) is 8.36. The number of piperidine rings is 1. The molecule has 1 fully saturated rings. The van der Waals surface area contributed by atoms with Crippen molar-refractivity contribution in [3.63, 3.8) is 0 Å². The predicted molar refractivity (Wildman–Crippen MR) is 112 cm³/mol. The molecule has 0 amide bonds. The number of nitrogens with one attached hydrogen (secondary N) is 1. The smallest absolute Gasteiger partial charge is 0.311 e. The number of hydrogen-bond acceptors (Lipinski definition) is 5. The number of methoxy groups -OCH3 is 3. The van der Waals surface area contributed by atoms with Gasteiger partial charge in [-0.15, -0.1) is 0 Å². The van der Waals surface area contributed by atoms with Gasteiger partial charge in [-0.3, -0.25) is 9.69 Å². The number of carbonyl (C=O) groups excluding carboxylic acids is 1. The van der Waals surface area contributed by atoms with Crippen LogP contribution < -0.4 is 4.74 Å². The van der Waals surface area contributed by atoms with Crippen LogP contribution in [0.25, 0.3) is 10.9 Å². The molecular weight excluding hydrogens is 368 g/mol. The van der Waals surface area contributed by atoms with Crippen LogP contribution in [0, 0.1) is 17.8 Å². The van der Waals surface area contributed by atoms with Crippen LogP contribution in [0.3, 0.4) is 0 Å². The second-order valence-corrected chi connectivity index (χ2v) is 8.31. The van der Waals surface area contributed by atoms with Crippen molar-refractivity contribution in [2.75, 3.05) is 41.0 Å². The molecule has 1 saturated heterocycles. The lowest BCUT2D eigenvalue weighted by molar-refractivity contribution is -0.152. The number of nitrogens with zero attached hydrogens (tertiary/aromatic N) is 1. The SMILES string of the molecule is CC[C@@H]1CN2CCc3c([nH]c4cccc(OC)c34)[C@@H]2C[C@@H]1[C@@H](COC)C(=O)OC. The summed E-state index contributed by atoms with van der Waals surface area (Å²) in [5.41, 5.74) is 3.79. The summed E-state index contributed by atoms with van der Waals surface area (Å²) in [5, 5.41) is 1.21. The second-order valence-electron chi connectivity index (χ2n) is 8.31. The molecule has 0 saturated carbocycles. The third-order valence-electron chi connectivity index (χ3n) is 7.03. The van der Waals surface area contributed by atoms with Crippen LogP contribution in [0.2, 0.25) is 0 Å². The molecule has 1 aromatic heterocycles. The summed E-state index contributed by atoms with van der Waals surface area (Å²) in [6.07, 6.45) is 3.01. The van der Waals surface area contributed by atoms with Crippen molar-refractivity contribution in [3.8, 4) is 5.75 Å². The van der Waals surface area contributed by atoms with Crippen LogP contribution in [-0.2, 0) is 20.7 Å². The summed E-state index contributed by atoms with van der Waals surface area (Å²) >= 11 is 0. The predicted octanol–water partition coefficient (Wildman–Crippen LogP) is 3.56. The minimum absolute atomic E-state index is 0.155. The quantitative estimate of drug-likeness (QED) is 0.751. The van der Waals surface area contributed by atoms with E-state index in [1.165, 1.54) is 23.8 Å². The molecule has 2 aliphatic rings. The first-order valence-corrected chi connectivity index (χ1v) is 10.6. The number of carbonyl (C=O) groups is 1. The number of rotatable bonds is 6. The Balaban J connectivity index is 1.72. The molecule has 0 bridgehead atoms. The number of aromatic amines is 1. The molecule has 0 aliphatic carbocycles. The Hall–Kier alpha value is -2.05. The zero-order valence-corrected chi connectivity index (χ0v) is 17.9. The molecule has 0 radical (unpaired) electrons. The van der Waals surface area contributed by atoms with Gasteiger partial charge in [0.15, 0.2) is 0 Å². The minimum Gasteiger partial charge on any atom is -0.496 e. The van der Waals surface area contributed by atoms with Gasteiger partial charge in [0.2, 0.25) is 0 Å². The first-order valence-electron chi connectivity index (χ1n) is 10.6. The van der Waals surface area contributed by atoms with E-state index < -0.39 is 0 Å². The Morgan fingerprint density at radius 2 is 2.14 bits per heavy atom. The number of aromatic nitrogens is 1. The summed E-state index contributed by atoms with van der Waals surface area (Å²) in [5.74, 6) is 1.26. The topological polar surface area (TPSA) is 63.8 Å². The summed E-state index contributed by atoms with van der Waals surface area (Å²) in [7, 11) is 4.87. The van der Waals surface area contributed by atoms with Gasteiger partial charge in [0.1, 0.15) is 5.75 Å². The maximum absolute atomic E-state index is 12.6. The fourth-order valence-corrected chi connectivity index (χ4v) is 5.60. The van der Waals surface area contributed by atoms with Crippen molar-refractivity contribution in [2.45, 2.75) is 32.2 Å². The minimum atomic E-state index is -0.221. The van der Waals surface area contributed by atoms with Gasteiger partial charge in [-0.1, -0.05) is 19.4 Å². The molecule has 2 aromatic rings. The fourth-order valence-electron chi connectivity index (χ4n) is 5.60. The summed E-state index contributed by atoms with van der Waals surface area (Å²) < 4.78 is 16.2. The lowest BCUT2D eigenvalue weighted by atomic mass is 9.71. The van der Waals surface area contributed by atoms with E-state index in [4.69, 9.17) is 14.2 Å². The average molecular weight is 401 g/mol. The van der Waals surface area contributed by atoms with Gasteiger partial charge in [0, 0.05) is 36.8 Å². The largest absolute Gasteiger partial charge is 0.496 e. The van der Waals surface area contributed by atoms with Crippen molar-refractivity contribution < 1.29 is 19.0 Å². The molecule has 1 N–H and O–H groups in total. The maximum Gasteiger partial charge on any atom is 0.311 e. The third-order valence-corrected chi connectivity index (χ3v) is 7.03. The number of hydrogen-bond donors (Lipinski definition) is 1. The summed E-state index contributed by atoms with van der Waals surface area (Å²) in [6.45, 7) is 4.68. The molecule has 0 unspecified atom stereocenters. The van der Waals surface area contributed by atoms with E-state index in [1.807, 2.05) is 12.1 Å². The Kier molecular flexibility index (Phi) is 5.83. The zero-order valence-electron chi connectivity index (χ0n) is 17.9. The molecule has 4 atom stereocenters. The molecule has 4 rings (SSSR count). The Bertz CT molecular complexity index is 877. The zero-order chi connectivity index (χ0) is 20.5. The van der Waals surface area contributed by atoms with Crippen LogP contribution in [-0.4, -0.2) is 56.9 Å². The standard InChI is InChI=1S/C23H32N2O4/c1-5-14-12-25-10-9-15-21-18(7-6-8-20(21)28-3)24-22(15)19(25)11-16(14)17(13-27-2)23(26)29-4/h6-8,14,16-17,19,24H,5,9-13H2,1-4H3/t14-,16+,17-,19+/m1/s1. The van der Waals surface area contributed by atoms with E-state index in [0.717, 1.165) is 43.6 Å². The van der Waals surface area contributed by atoms with Crippen molar-refractivity contribution in [2.24, 2.45) is 17.8 Å². The molecular formula is C23H32N2O4. The number of benzene rings is 1. The summed E-state index contributed by atoms with van der Waals surface area (Å²) in [6, 6.07) is 6.47. The Morgan fingerprint density at radius 3 is 2.83 bits per heavy atom. The van der Waals surface area contributed by atoms with Gasteiger partial charge >= 0.3 is 5.97 Å². The van der Waals surface area contributed by atoms with E-state index in [0.29, 0.717) is 12.5 Å². The lowest BCUT2D eigenvalue weighted by Gasteiger charge is -2.47. The number of esters is 1. The number of ether oxygens (including phenoxy) is 3. The molecule has 3 heterocycles. The Labute approximate surface area is 172 Å². The molecule has 0 spiro atoms. The van der Waals surface area contributed by atoms with Crippen LogP contribution >= 0.6 is 0 Å². The highest BCUT2D eigenvalue weighted by atomic mass is 16.5. The number of H-pyrrole nitrogens is 1. The Morgan fingerprint density at radius 1 is 1.31 bits per heavy atom. The van der Waals surface area contributed by atoms with Crippen molar-refractivity contribution in [1.82, 2.24) is 9.88 Å². The molecule has 6 heteroatoms. The van der Waals surface area contributed by atoms with E-state index in [-0.39, 0.29) is 23.8 Å². The van der Waals surface area contributed by atoms with Gasteiger partial charge in [-0.2, -0.15) is 0 Å². The van der Waals surface area contributed by atoms with Gasteiger partial charge in [0.05, 0.1) is 32.8 Å². The van der Waals surface area contributed by atoms with Crippen LogP contribution in [0.1, 0.15) is 37.1 Å². The van der Waals surface area contributed by atoms with Gasteiger partial charge in [0.25, 0.3) is 0 Å². The normalized spacial score (nSPS) is 25.3. The van der Waals surface area contributed by atoms with Gasteiger partial charge in [-0.25, -0.2) is 0 Å². The highest BCUT2D eigenvalue weighted by molar-refractivity contribution is 5.91. The molecule has 29 heavy (non-hydrogen) atoms.